The Labute approximate surface area is 278 Å². The average Bonchev–Trinajstić information content (AvgIpc) is 3.00. The van der Waals surface area contributed by atoms with Gasteiger partial charge in [0.15, 0.2) is 0 Å². The molecule has 0 aromatic heterocycles. The molecule has 262 valence electrons. The molecular weight excluding hydrogens is 582 g/mol. The van der Waals surface area contributed by atoms with Crippen molar-refractivity contribution < 1.29 is 22.9 Å². The van der Waals surface area contributed by atoms with Gasteiger partial charge in [0.25, 0.3) is 10.1 Å². The van der Waals surface area contributed by atoms with Crippen LogP contribution in [0.15, 0.2) is 48.6 Å². The second-order valence-electron chi connectivity index (χ2n) is 12.5. The number of carbonyl (C=O) groups is 1. The van der Waals surface area contributed by atoms with E-state index in [9.17, 15) is 22.9 Å². The van der Waals surface area contributed by atoms with Gasteiger partial charge >= 0.3 is 0 Å². The topological polar surface area (TPSA) is 104 Å². The van der Waals surface area contributed by atoms with Crippen LogP contribution in [0.1, 0.15) is 168 Å². The normalized spacial score (nSPS) is 14.0. The Morgan fingerprint density at radius 3 is 1.40 bits per heavy atom. The van der Waals surface area contributed by atoms with Gasteiger partial charge in [-0.15, -0.1) is 0 Å². The van der Waals surface area contributed by atoms with Gasteiger partial charge in [0.1, 0.15) is 0 Å². The molecule has 0 rings (SSSR count). The molecule has 3 N–H and O–H groups in total. The fraction of sp³-hybridized carbons (Fsp3) is 0.763. The highest BCUT2D eigenvalue weighted by Gasteiger charge is 2.24. The first kappa shape index (κ1) is 43.3. The quantitative estimate of drug-likeness (QED) is 0.0381. The monoisotopic (exact) mass is 651 g/mol. The van der Waals surface area contributed by atoms with Gasteiger partial charge in [0.05, 0.1) is 17.9 Å². The summed E-state index contributed by atoms with van der Waals surface area (Å²) >= 11 is 0. The first-order chi connectivity index (χ1) is 21.8. The zero-order valence-corrected chi connectivity index (χ0v) is 29.8. The highest BCUT2D eigenvalue weighted by atomic mass is 32.2. The standard InChI is InChI=1S/C38H69NO5S/c1-3-5-7-9-11-13-15-17-19-20-21-23-25-27-29-31-33-37(40)36(35-45(42,43)44)39-38(41)34-32-30-28-26-24-22-18-16-14-12-10-8-6-4-2/h16-19,23,25,31,33,36-37,40H,3-15,20-22,24,26-30,32,34-35H2,1-2H3,(H,39,41)(H,42,43,44)/b18-16-,19-17+,25-23+,33-31+. The van der Waals surface area contributed by atoms with Crippen LogP contribution in [0, 0.1) is 0 Å². The number of allylic oxidation sites excluding steroid dienone is 7. The molecule has 0 aliphatic rings. The molecule has 0 fully saturated rings. The maximum absolute atomic E-state index is 12.4. The Kier molecular flexibility index (Phi) is 31.0. The lowest BCUT2D eigenvalue weighted by atomic mass is 10.1. The van der Waals surface area contributed by atoms with Gasteiger partial charge in [-0.2, -0.15) is 8.42 Å². The molecule has 2 unspecified atom stereocenters. The number of aliphatic hydroxyl groups is 1. The third-order valence-corrected chi connectivity index (χ3v) is 8.74. The smallest absolute Gasteiger partial charge is 0.267 e. The molecule has 6 nitrogen and oxygen atoms in total. The Morgan fingerprint density at radius 2 is 0.956 bits per heavy atom. The summed E-state index contributed by atoms with van der Waals surface area (Å²) < 4.78 is 32.3. The molecule has 0 aliphatic carbocycles. The molecule has 0 aromatic carbocycles. The lowest BCUT2D eigenvalue weighted by Crippen LogP contribution is -2.46. The molecule has 1 amide bonds. The van der Waals surface area contributed by atoms with Crippen molar-refractivity contribution in [1.29, 1.82) is 0 Å². The predicted octanol–water partition coefficient (Wildman–Crippen LogP) is 10.3. The van der Waals surface area contributed by atoms with Crippen LogP contribution in [0.4, 0.5) is 0 Å². The Hall–Kier alpha value is -1.70. The van der Waals surface area contributed by atoms with E-state index in [1.165, 1.54) is 89.5 Å². The van der Waals surface area contributed by atoms with Crippen molar-refractivity contribution in [1.82, 2.24) is 5.32 Å². The average molecular weight is 652 g/mol. The minimum atomic E-state index is -4.36. The number of rotatable bonds is 32. The van der Waals surface area contributed by atoms with Gasteiger partial charge in [-0.3, -0.25) is 9.35 Å². The van der Waals surface area contributed by atoms with E-state index < -0.39 is 28.0 Å². The van der Waals surface area contributed by atoms with Crippen molar-refractivity contribution in [3.8, 4) is 0 Å². The Bertz CT molecular complexity index is 894. The van der Waals surface area contributed by atoms with Crippen LogP contribution >= 0.6 is 0 Å². The number of nitrogens with one attached hydrogen (secondary N) is 1. The summed E-state index contributed by atoms with van der Waals surface area (Å²) in [7, 11) is -4.36. The molecule has 45 heavy (non-hydrogen) atoms. The van der Waals surface area contributed by atoms with E-state index in [0.29, 0.717) is 12.8 Å². The SMILES string of the molecule is CCCCCCC/C=C\CCCCCCCC(=O)NC(CS(=O)(=O)O)C(O)/C=C/CC/C=C/CC/C=C/CCCCCCCC. The van der Waals surface area contributed by atoms with Crippen LogP contribution in [0.5, 0.6) is 0 Å². The van der Waals surface area contributed by atoms with Crippen LogP contribution in [0.2, 0.25) is 0 Å². The molecule has 2 atom stereocenters. The van der Waals surface area contributed by atoms with E-state index in [-0.39, 0.29) is 12.3 Å². The molecule has 0 heterocycles. The van der Waals surface area contributed by atoms with Crippen molar-refractivity contribution in [3.63, 3.8) is 0 Å². The third kappa shape index (κ3) is 33.5. The van der Waals surface area contributed by atoms with Crippen molar-refractivity contribution in [2.24, 2.45) is 0 Å². The minimum Gasteiger partial charge on any atom is -0.387 e. The molecular formula is C38H69NO5S. The zero-order valence-electron chi connectivity index (χ0n) is 29.0. The maximum Gasteiger partial charge on any atom is 0.267 e. The summed E-state index contributed by atoms with van der Waals surface area (Å²) in [5, 5.41) is 13.1. The summed E-state index contributed by atoms with van der Waals surface area (Å²) in [6.45, 7) is 4.48. The van der Waals surface area contributed by atoms with Crippen LogP contribution < -0.4 is 5.32 Å². The number of carbonyl (C=O) groups excluding carboxylic acids is 1. The van der Waals surface area contributed by atoms with E-state index in [2.05, 4.69) is 55.6 Å². The molecule has 0 saturated carbocycles. The fourth-order valence-corrected chi connectivity index (χ4v) is 5.91. The number of hydrogen-bond acceptors (Lipinski definition) is 4. The second-order valence-corrected chi connectivity index (χ2v) is 14.0. The molecule has 0 aromatic rings. The van der Waals surface area contributed by atoms with Crippen molar-refractivity contribution >= 4 is 16.0 Å². The van der Waals surface area contributed by atoms with Gasteiger partial charge in [0, 0.05) is 6.42 Å². The summed E-state index contributed by atoms with van der Waals surface area (Å²) in [5.74, 6) is -1.02. The number of unbranched alkanes of at least 4 members (excludes halogenated alkanes) is 18. The van der Waals surface area contributed by atoms with Gasteiger partial charge in [-0.1, -0.05) is 140 Å². The van der Waals surface area contributed by atoms with E-state index in [1.54, 1.807) is 6.08 Å². The van der Waals surface area contributed by atoms with Crippen LogP contribution in [0.3, 0.4) is 0 Å². The molecule has 0 bridgehead atoms. The highest BCUT2D eigenvalue weighted by molar-refractivity contribution is 7.85. The number of aliphatic hydroxyl groups excluding tert-OH is 1. The van der Waals surface area contributed by atoms with Gasteiger partial charge in [-0.05, 0) is 70.6 Å². The molecule has 0 radical (unpaired) electrons. The lowest BCUT2D eigenvalue weighted by molar-refractivity contribution is -0.122. The first-order valence-corrected chi connectivity index (χ1v) is 19.9. The molecule has 0 aliphatic heterocycles. The van der Waals surface area contributed by atoms with E-state index in [0.717, 1.165) is 51.4 Å². The third-order valence-electron chi connectivity index (χ3n) is 7.96. The molecule has 0 spiro atoms. The summed E-state index contributed by atoms with van der Waals surface area (Å²) in [5.41, 5.74) is 0. The summed E-state index contributed by atoms with van der Waals surface area (Å²) in [6.07, 6.45) is 42.3. The molecule has 7 heteroatoms. The van der Waals surface area contributed by atoms with Crippen molar-refractivity contribution in [2.45, 2.75) is 180 Å². The Balaban J connectivity index is 4.10. The van der Waals surface area contributed by atoms with E-state index >= 15 is 0 Å². The Morgan fingerprint density at radius 1 is 0.578 bits per heavy atom. The van der Waals surface area contributed by atoms with Gasteiger partial charge in [0.2, 0.25) is 5.91 Å². The van der Waals surface area contributed by atoms with Crippen molar-refractivity contribution in [3.05, 3.63) is 48.6 Å². The first-order valence-electron chi connectivity index (χ1n) is 18.3. The number of hydrogen-bond donors (Lipinski definition) is 3. The number of amides is 1. The van der Waals surface area contributed by atoms with Gasteiger partial charge in [-0.25, -0.2) is 0 Å². The van der Waals surface area contributed by atoms with Gasteiger partial charge < -0.3 is 10.4 Å². The van der Waals surface area contributed by atoms with E-state index in [4.69, 9.17) is 0 Å². The van der Waals surface area contributed by atoms with Crippen LogP contribution in [0.25, 0.3) is 0 Å². The second kappa shape index (κ2) is 32.2. The lowest BCUT2D eigenvalue weighted by Gasteiger charge is -2.21. The van der Waals surface area contributed by atoms with Crippen LogP contribution in [-0.4, -0.2) is 41.9 Å². The summed E-state index contributed by atoms with van der Waals surface area (Å²) in [4.78, 5) is 12.4. The highest BCUT2D eigenvalue weighted by Crippen LogP contribution is 2.11. The molecule has 0 saturated heterocycles. The van der Waals surface area contributed by atoms with Crippen molar-refractivity contribution in [2.75, 3.05) is 5.75 Å². The zero-order chi connectivity index (χ0) is 33.3. The maximum atomic E-state index is 12.4. The van der Waals surface area contributed by atoms with E-state index in [1.807, 2.05) is 0 Å². The minimum absolute atomic E-state index is 0.273. The van der Waals surface area contributed by atoms with Crippen LogP contribution in [-0.2, 0) is 14.9 Å². The predicted molar refractivity (Wildman–Crippen MR) is 193 cm³/mol. The fourth-order valence-electron chi connectivity index (χ4n) is 5.18. The largest absolute Gasteiger partial charge is 0.387 e. The summed E-state index contributed by atoms with van der Waals surface area (Å²) in [6, 6.07) is -1.08.